The van der Waals surface area contributed by atoms with Crippen LogP contribution in [-0.4, -0.2) is 23.3 Å². The highest BCUT2D eigenvalue weighted by molar-refractivity contribution is 9.10. The van der Waals surface area contributed by atoms with E-state index in [2.05, 4.69) is 15.9 Å². The topological polar surface area (TPSA) is 66.8 Å². The van der Waals surface area contributed by atoms with Crippen LogP contribution in [0.5, 0.6) is 0 Å². The highest BCUT2D eigenvalue weighted by atomic mass is 79.9. The Morgan fingerprint density at radius 3 is 2.69 bits per heavy atom. The molecule has 16 heavy (non-hydrogen) atoms. The molecule has 0 aliphatic rings. The minimum atomic E-state index is -1.73. The summed E-state index contributed by atoms with van der Waals surface area (Å²) in [6, 6.07) is 2.34. The second-order valence-corrected chi connectivity index (χ2v) is 3.99. The smallest absolute Gasteiger partial charge is 0.337 e. The number of hydrogen-bond donors (Lipinski definition) is 2. The van der Waals surface area contributed by atoms with Crippen molar-refractivity contribution in [2.75, 3.05) is 7.11 Å². The molecule has 0 spiro atoms. The van der Waals surface area contributed by atoms with E-state index in [0.717, 1.165) is 6.07 Å². The second-order valence-electron chi connectivity index (χ2n) is 3.14. The summed E-state index contributed by atoms with van der Waals surface area (Å²) < 4.78 is 18.7. The van der Waals surface area contributed by atoms with Gasteiger partial charge in [-0.25, -0.2) is 9.18 Å². The number of aliphatic carboxylic acids is 1. The number of halogens is 2. The number of carboxylic acids is 1. The van der Waals surface area contributed by atoms with Crippen molar-refractivity contribution in [2.45, 2.75) is 12.7 Å². The Morgan fingerprint density at radius 1 is 1.62 bits per heavy atom. The average molecular weight is 293 g/mol. The van der Waals surface area contributed by atoms with E-state index in [9.17, 15) is 14.3 Å². The van der Waals surface area contributed by atoms with Crippen molar-refractivity contribution >= 4 is 21.9 Å². The van der Waals surface area contributed by atoms with Crippen LogP contribution in [0.1, 0.15) is 17.2 Å². The van der Waals surface area contributed by atoms with Gasteiger partial charge in [0.25, 0.3) is 0 Å². The van der Waals surface area contributed by atoms with Crippen molar-refractivity contribution in [3.63, 3.8) is 0 Å². The fourth-order valence-electron chi connectivity index (χ4n) is 1.21. The minimum Gasteiger partial charge on any atom is -0.479 e. The maximum Gasteiger partial charge on any atom is 0.337 e. The van der Waals surface area contributed by atoms with Crippen LogP contribution < -0.4 is 0 Å². The van der Waals surface area contributed by atoms with E-state index in [1.807, 2.05) is 0 Å². The van der Waals surface area contributed by atoms with Crippen LogP contribution in [0.3, 0.4) is 0 Å². The van der Waals surface area contributed by atoms with Crippen LogP contribution in [-0.2, 0) is 16.1 Å². The molecular weight excluding hydrogens is 283 g/mol. The average Bonchev–Trinajstić information content (AvgIpc) is 2.21. The van der Waals surface area contributed by atoms with Gasteiger partial charge in [0.15, 0.2) is 6.10 Å². The molecule has 6 heteroatoms. The van der Waals surface area contributed by atoms with Crippen LogP contribution in [0.15, 0.2) is 16.6 Å². The molecule has 2 N–H and O–H groups in total. The van der Waals surface area contributed by atoms with Gasteiger partial charge in [0.05, 0.1) is 6.61 Å². The summed E-state index contributed by atoms with van der Waals surface area (Å²) in [5.41, 5.74) is 0.264. The minimum absolute atomic E-state index is 0.0169. The van der Waals surface area contributed by atoms with Crippen LogP contribution in [0.4, 0.5) is 4.39 Å². The zero-order valence-electron chi connectivity index (χ0n) is 8.41. The van der Waals surface area contributed by atoms with Gasteiger partial charge < -0.3 is 14.9 Å². The molecule has 0 amide bonds. The molecule has 0 radical (unpaired) electrons. The maximum atomic E-state index is 13.5. The Hall–Kier alpha value is -0.980. The van der Waals surface area contributed by atoms with Gasteiger partial charge >= 0.3 is 5.97 Å². The molecule has 4 nitrogen and oxygen atoms in total. The first-order chi connectivity index (χ1) is 7.47. The third-order valence-corrected chi connectivity index (χ3v) is 2.71. The molecule has 0 heterocycles. The number of carbonyl (C=O) groups is 1. The van der Waals surface area contributed by atoms with E-state index < -0.39 is 17.9 Å². The molecule has 0 aliphatic carbocycles. The number of carboxylic acid groups (broad SMARTS) is 1. The van der Waals surface area contributed by atoms with Crippen molar-refractivity contribution in [3.8, 4) is 0 Å². The first kappa shape index (κ1) is 13.1. The van der Waals surface area contributed by atoms with Crippen molar-refractivity contribution < 1.29 is 24.1 Å². The molecule has 0 fully saturated rings. The zero-order valence-corrected chi connectivity index (χ0v) is 9.99. The third-order valence-electron chi connectivity index (χ3n) is 2.00. The lowest BCUT2D eigenvalue weighted by atomic mass is 10.1. The summed E-state index contributed by atoms with van der Waals surface area (Å²) in [6.45, 7) is 0.0653. The van der Waals surface area contributed by atoms with Gasteiger partial charge in [0.2, 0.25) is 0 Å². The SMILES string of the molecule is COCc1c(F)cc(C(O)C(=O)O)cc1Br. The Kier molecular flexibility index (Phi) is 4.40. The Morgan fingerprint density at radius 2 is 2.25 bits per heavy atom. The molecule has 0 saturated heterocycles. The van der Waals surface area contributed by atoms with Gasteiger partial charge in [0, 0.05) is 17.1 Å². The standard InChI is InChI=1S/C10H10BrFO4/c1-16-4-6-7(11)2-5(3-8(6)12)9(13)10(14)15/h2-3,9,13H,4H2,1H3,(H,14,15). The van der Waals surface area contributed by atoms with Crippen molar-refractivity contribution in [1.29, 1.82) is 0 Å². The molecular formula is C10H10BrFO4. The molecule has 1 aromatic rings. The van der Waals surface area contributed by atoms with Gasteiger partial charge in [-0.2, -0.15) is 0 Å². The number of aliphatic hydroxyl groups excluding tert-OH is 1. The molecule has 1 atom stereocenters. The highest BCUT2D eigenvalue weighted by Crippen LogP contribution is 2.26. The zero-order chi connectivity index (χ0) is 12.3. The summed E-state index contributed by atoms with van der Waals surface area (Å²) >= 11 is 3.09. The lowest BCUT2D eigenvalue weighted by molar-refractivity contribution is -0.146. The molecule has 0 aliphatic heterocycles. The summed E-state index contributed by atoms with van der Waals surface area (Å²) in [7, 11) is 1.42. The van der Waals surface area contributed by atoms with Crippen molar-refractivity contribution in [2.24, 2.45) is 0 Å². The predicted molar refractivity (Wildman–Crippen MR) is 57.4 cm³/mol. The van der Waals surface area contributed by atoms with Gasteiger partial charge in [-0.05, 0) is 17.7 Å². The van der Waals surface area contributed by atoms with E-state index in [-0.39, 0.29) is 17.7 Å². The van der Waals surface area contributed by atoms with E-state index in [1.54, 1.807) is 0 Å². The first-order valence-corrected chi connectivity index (χ1v) is 5.14. The fraction of sp³-hybridized carbons (Fsp3) is 0.300. The molecule has 1 rings (SSSR count). The molecule has 0 saturated carbocycles. The predicted octanol–water partition coefficient (Wildman–Crippen LogP) is 1.85. The summed E-state index contributed by atoms with van der Waals surface area (Å²) in [5, 5.41) is 17.8. The summed E-state index contributed by atoms with van der Waals surface area (Å²) in [4.78, 5) is 10.5. The monoisotopic (exact) mass is 292 g/mol. The van der Waals surface area contributed by atoms with Crippen LogP contribution in [0.2, 0.25) is 0 Å². The lowest BCUT2D eigenvalue weighted by Crippen LogP contribution is -2.11. The Labute approximate surface area is 99.8 Å². The summed E-state index contributed by atoms with van der Waals surface area (Å²) in [5.74, 6) is -2.04. The van der Waals surface area contributed by atoms with Gasteiger partial charge in [0.1, 0.15) is 5.82 Å². The van der Waals surface area contributed by atoms with Crippen molar-refractivity contribution in [1.82, 2.24) is 0 Å². The summed E-state index contributed by atoms with van der Waals surface area (Å²) in [6.07, 6.45) is -1.73. The number of rotatable bonds is 4. The van der Waals surface area contributed by atoms with Crippen LogP contribution in [0.25, 0.3) is 0 Å². The molecule has 0 aromatic heterocycles. The van der Waals surface area contributed by atoms with Gasteiger partial charge in [-0.3, -0.25) is 0 Å². The van der Waals surface area contributed by atoms with Crippen molar-refractivity contribution in [3.05, 3.63) is 33.5 Å². The van der Waals surface area contributed by atoms with E-state index in [0.29, 0.717) is 4.47 Å². The van der Waals surface area contributed by atoms with Crippen LogP contribution >= 0.6 is 15.9 Å². The number of methoxy groups -OCH3 is 1. The van der Waals surface area contributed by atoms with E-state index in [4.69, 9.17) is 9.84 Å². The van der Waals surface area contributed by atoms with Crippen LogP contribution in [0, 0.1) is 5.82 Å². The van der Waals surface area contributed by atoms with E-state index >= 15 is 0 Å². The Bertz CT molecular complexity index is 385. The van der Waals surface area contributed by atoms with Gasteiger partial charge in [-0.15, -0.1) is 0 Å². The normalized spacial score (nSPS) is 12.5. The third kappa shape index (κ3) is 2.78. The van der Waals surface area contributed by atoms with E-state index in [1.165, 1.54) is 13.2 Å². The van der Waals surface area contributed by atoms with Gasteiger partial charge in [-0.1, -0.05) is 15.9 Å². The molecule has 88 valence electrons. The fourth-order valence-corrected chi connectivity index (χ4v) is 1.77. The largest absolute Gasteiger partial charge is 0.479 e. The quantitative estimate of drug-likeness (QED) is 0.889. The maximum absolute atomic E-state index is 13.5. The molecule has 1 unspecified atom stereocenters. The number of ether oxygens (including phenoxy) is 1. The Balaban J connectivity index is 3.14. The number of aliphatic hydroxyl groups is 1. The number of benzene rings is 1. The molecule has 0 bridgehead atoms. The second kappa shape index (κ2) is 5.38. The highest BCUT2D eigenvalue weighted by Gasteiger charge is 2.19. The lowest BCUT2D eigenvalue weighted by Gasteiger charge is -2.10. The first-order valence-electron chi connectivity index (χ1n) is 4.35. The number of hydrogen-bond acceptors (Lipinski definition) is 3. The molecule has 1 aromatic carbocycles.